The van der Waals surface area contributed by atoms with Gasteiger partial charge in [0.2, 0.25) is 0 Å². The summed E-state index contributed by atoms with van der Waals surface area (Å²) in [6.07, 6.45) is 3.55. The van der Waals surface area contributed by atoms with Gasteiger partial charge in [-0.1, -0.05) is 26.8 Å². The Hall–Kier alpha value is -3.02. The highest BCUT2D eigenvalue weighted by atomic mass is 16.2. The number of aromatic nitrogens is 3. The van der Waals surface area contributed by atoms with Crippen LogP contribution in [0.15, 0.2) is 53.5 Å². The van der Waals surface area contributed by atoms with E-state index >= 15 is 0 Å². The van der Waals surface area contributed by atoms with Crippen LogP contribution in [0.5, 0.6) is 0 Å². The molecule has 0 N–H and O–H groups in total. The Morgan fingerprint density at radius 2 is 2.00 bits per heavy atom. The van der Waals surface area contributed by atoms with Crippen LogP contribution in [-0.4, -0.2) is 38.2 Å². The predicted octanol–water partition coefficient (Wildman–Crippen LogP) is 3.39. The molecule has 1 atom stereocenters. The van der Waals surface area contributed by atoms with Crippen molar-refractivity contribution >= 4 is 16.8 Å². The van der Waals surface area contributed by atoms with Crippen LogP contribution < -0.4 is 5.56 Å². The highest BCUT2D eigenvalue weighted by Crippen LogP contribution is 2.23. The molecule has 1 unspecified atom stereocenters. The average Bonchev–Trinajstić information content (AvgIpc) is 3.16. The van der Waals surface area contributed by atoms with Gasteiger partial charge in [-0.05, 0) is 43.2 Å². The monoisotopic (exact) mass is 390 g/mol. The molecule has 0 saturated carbocycles. The van der Waals surface area contributed by atoms with Gasteiger partial charge in [-0.15, -0.1) is 0 Å². The van der Waals surface area contributed by atoms with Crippen LogP contribution in [0.25, 0.3) is 10.9 Å². The molecule has 3 heterocycles. The van der Waals surface area contributed by atoms with Gasteiger partial charge in [-0.2, -0.15) is 5.10 Å². The largest absolute Gasteiger partial charge is 0.334 e. The summed E-state index contributed by atoms with van der Waals surface area (Å²) in [6.45, 7) is 7.34. The van der Waals surface area contributed by atoms with Gasteiger partial charge in [0.15, 0.2) is 0 Å². The number of carbonyl (C=O) groups excluding carboxylic acids is 1. The third-order valence-corrected chi connectivity index (χ3v) is 5.51. The third kappa shape index (κ3) is 3.92. The number of hydrogen-bond donors (Lipinski definition) is 0. The molecular weight excluding hydrogens is 364 g/mol. The molecule has 0 radical (unpaired) electrons. The van der Waals surface area contributed by atoms with E-state index in [-0.39, 0.29) is 22.9 Å². The molecule has 3 aromatic rings. The van der Waals surface area contributed by atoms with Crippen LogP contribution in [0.4, 0.5) is 0 Å². The number of rotatable bonds is 3. The lowest BCUT2D eigenvalue weighted by Crippen LogP contribution is -2.41. The minimum atomic E-state index is -0.139. The molecule has 1 saturated heterocycles. The van der Waals surface area contributed by atoms with Gasteiger partial charge in [0.1, 0.15) is 0 Å². The number of carbonyl (C=O) groups is 1. The predicted molar refractivity (Wildman–Crippen MR) is 113 cm³/mol. The fourth-order valence-corrected chi connectivity index (χ4v) is 3.85. The molecule has 6 heteroatoms. The fourth-order valence-electron chi connectivity index (χ4n) is 3.85. The molecule has 1 fully saturated rings. The number of likely N-dealkylation sites (tertiary alicyclic amines) is 1. The van der Waals surface area contributed by atoms with E-state index in [9.17, 15) is 9.59 Å². The summed E-state index contributed by atoms with van der Waals surface area (Å²) >= 11 is 0. The summed E-state index contributed by atoms with van der Waals surface area (Å²) in [5.74, 6) is -0.00159. The Balaban J connectivity index is 1.59. The third-order valence-electron chi connectivity index (χ3n) is 5.51. The lowest BCUT2D eigenvalue weighted by atomic mass is 9.92. The van der Waals surface area contributed by atoms with Crippen molar-refractivity contribution in [1.29, 1.82) is 0 Å². The summed E-state index contributed by atoms with van der Waals surface area (Å²) in [5.41, 5.74) is 2.13. The van der Waals surface area contributed by atoms with E-state index in [4.69, 9.17) is 0 Å². The van der Waals surface area contributed by atoms with Crippen molar-refractivity contribution in [1.82, 2.24) is 19.7 Å². The normalized spacial score (nSPS) is 17.1. The Bertz CT molecular complexity index is 1110. The average molecular weight is 390 g/mol. The number of fused-ring (bicyclic) bond motifs is 1. The van der Waals surface area contributed by atoms with E-state index in [1.54, 1.807) is 18.3 Å². The Kier molecular flexibility index (Phi) is 4.94. The second kappa shape index (κ2) is 7.43. The maximum Gasteiger partial charge on any atom is 0.266 e. The van der Waals surface area contributed by atoms with Gasteiger partial charge in [0.25, 0.3) is 11.5 Å². The van der Waals surface area contributed by atoms with Crippen LogP contribution in [0.3, 0.4) is 0 Å². The molecule has 1 aromatic carbocycles. The van der Waals surface area contributed by atoms with Crippen LogP contribution >= 0.6 is 0 Å². The second-order valence-electron chi connectivity index (χ2n) is 8.69. The van der Waals surface area contributed by atoms with E-state index in [2.05, 4.69) is 30.9 Å². The first-order valence-corrected chi connectivity index (χ1v) is 10.1. The van der Waals surface area contributed by atoms with Crippen LogP contribution in [-0.2, 0) is 12.0 Å². The first-order chi connectivity index (χ1) is 13.8. The Labute approximate surface area is 170 Å². The van der Waals surface area contributed by atoms with Crippen LogP contribution in [0, 0.1) is 0 Å². The van der Waals surface area contributed by atoms with Crippen LogP contribution in [0.2, 0.25) is 0 Å². The summed E-state index contributed by atoms with van der Waals surface area (Å²) < 4.78 is 1.52. The van der Waals surface area contributed by atoms with Gasteiger partial charge < -0.3 is 4.90 Å². The minimum absolute atomic E-state index is 0.00159. The van der Waals surface area contributed by atoms with Crippen molar-refractivity contribution in [3.05, 3.63) is 70.3 Å². The summed E-state index contributed by atoms with van der Waals surface area (Å²) in [7, 11) is 0. The summed E-state index contributed by atoms with van der Waals surface area (Å²) in [5, 5.41) is 5.52. The maximum atomic E-state index is 13.2. The highest BCUT2D eigenvalue weighted by molar-refractivity contribution is 5.98. The zero-order valence-electron chi connectivity index (χ0n) is 17.1. The zero-order valence-corrected chi connectivity index (χ0v) is 17.1. The molecule has 2 aromatic heterocycles. The number of pyridine rings is 1. The molecule has 1 amide bonds. The first-order valence-electron chi connectivity index (χ1n) is 10.1. The minimum Gasteiger partial charge on any atom is -0.334 e. The molecule has 6 nitrogen and oxygen atoms in total. The van der Waals surface area contributed by atoms with E-state index < -0.39 is 0 Å². The maximum absolute atomic E-state index is 13.2. The number of hydrogen-bond acceptors (Lipinski definition) is 4. The van der Waals surface area contributed by atoms with Gasteiger partial charge in [-0.3, -0.25) is 14.6 Å². The van der Waals surface area contributed by atoms with Crippen molar-refractivity contribution in [2.45, 2.75) is 51.6 Å². The Morgan fingerprint density at radius 1 is 1.17 bits per heavy atom. The zero-order chi connectivity index (χ0) is 20.6. The van der Waals surface area contributed by atoms with Crippen molar-refractivity contribution in [3.8, 4) is 0 Å². The molecule has 4 rings (SSSR count). The van der Waals surface area contributed by atoms with Gasteiger partial charge in [0, 0.05) is 35.2 Å². The number of benzene rings is 1. The molecule has 0 bridgehead atoms. The topological polar surface area (TPSA) is 68.1 Å². The van der Waals surface area contributed by atoms with Crippen molar-refractivity contribution < 1.29 is 4.79 Å². The van der Waals surface area contributed by atoms with E-state index in [0.29, 0.717) is 18.7 Å². The summed E-state index contributed by atoms with van der Waals surface area (Å²) in [4.78, 5) is 31.8. The second-order valence-corrected chi connectivity index (χ2v) is 8.69. The first kappa shape index (κ1) is 19.3. The van der Waals surface area contributed by atoms with Gasteiger partial charge in [0.05, 0.1) is 23.8 Å². The Morgan fingerprint density at radius 3 is 2.79 bits per heavy atom. The molecule has 29 heavy (non-hydrogen) atoms. The molecule has 150 valence electrons. The lowest BCUT2D eigenvalue weighted by molar-refractivity contribution is 0.0720. The SMILES string of the molecule is CC(C)(C)c1ccc(=O)n(CC2CCCN2C(=O)c2ccc3ncccc3c2)n1. The molecule has 0 aliphatic carbocycles. The van der Waals surface area contributed by atoms with Crippen molar-refractivity contribution in [2.24, 2.45) is 0 Å². The molecule has 1 aliphatic heterocycles. The number of nitrogens with zero attached hydrogens (tertiary/aromatic N) is 4. The van der Waals surface area contributed by atoms with Gasteiger partial charge >= 0.3 is 0 Å². The van der Waals surface area contributed by atoms with Gasteiger partial charge in [-0.25, -0.2) is 4.68 Å². The smallest absolute Gasteiger partial charge is 0.266 e. The van der Waals surface area contributed by atoms with Crippen molar-refractivity contribution in [2.75, 3.05) is 6.54 Å². The fraction of sp³-hybridized carbons (Fsp3) is 0.391. The van der Waals surface area contributed by atoms with E-state index in [1.807, 2.05) is 35.2 Å². The van der Waals surface area contributed by atoms with Crippen LogP contribution in [0.1, 0.15) is 49.7 Å². The standard InChI is InChI=1S/C23H26N4O2/c1-23(2,3)20-10-11-21(28)27(25-20)15-18-7-5-13-26(18)22(29)17-8-9-19-16(14-17)6-4-12-24-19/h4,6,8-12,14,18H,5,7,13,15H2,1-3H3. The molecular formula is C23H26N4O2. The lowest BCUT2D eigenvalue weighted by Gasteiger charge is -2.26. The van der Waals surface area contributed by atoms with E-state index in [0.717, 1.165) is 29.4 Å². The highest BCUT2D eigenvalue weighted by Gasteiger charge is 2.30. The molecule has 0 spiro atoms. The van der Waals surface area contributed by atoms with Crippen molar-refractivity contribution in [3.63, 3.8) is 0 Å². The number of amides is 1. The summed E-state index contributed by atoms with van der Waals surface area (Å²) in [6, 6.07) is 12.8. The molecule has 1 aliphatic rings. The van der Waals surface area contributed by atoms with E-state index in [1.165, 1.54) is 4.68 Å². The quantitative estimate of drug-likeness (QED) is 0.687.